The van der Waals surface area contributed by atoms with Crippen LogP contribution in [0.4, 0.5) is 0 Å². The van der Waals surface area contributed by atoms with E-state index in [1.165, 1.54) is 0 Å². The lowest BCUT2D eigenvalue weighted by atomic mass is 10.1. The number of rotatable bonds is 4. The van der Waals surface area contributed by atoms with Crippen molar-refractivity contribution < 1.29 is 19.4 Å². The number of carbonyl (C=O) groups is 1. The topological polar surface area (TPSA) is 67.8 Å². The van der Waals surface area contributed by atoms with Gasteiger partial charge in [-0.2, -0.15) is 0 Å². The molecular weight excluding hydrogens is 222 g/mol. The van der Waals surface area contributed by atoms with Crippen LogP contribution in [0.15, 0.2) is 18.2 Å². The predicted molar refractivity (Wildman–Crippen MR) is 61.5 cm³/mol. The van der Waals surface area contributed by atoms with Crippen LogP contribution in [0.1, 0.15) is 18.5 Å². The van der Waals surface area contributed by atoms with Gasteiger partial charge >= 0.3 is 5.97 Å². The summed E-state index contributed by atoms with van der Waals surface area (Å²) in [7, 11) is 0. The van der Waals surface area contributed by atoms with Crippen LogP contribution in [0.5, 0.6) is 11.5 Å². The lowest BCUT2D eigenvalue weighted by Crippen LogP contribution is -2.28. The molecule has 1 aliphatic rings. The van der Waals surface area contributed by atoms with Gasteiger partial charge in [-0.05, 0) is 24.2 Å². The summed E-state index contributed by atoms with van der Waals surface area (Å²) < 4.78 is 10.8. The molecule has 0 saturated carbocycles. The molecule has 0 aliphatic carbocycles. The zero-order valence-corrected chi connectivity index (χ0v) is 9.60. The van der Waals surface area contributed by atoms with Gasteiger partial charge in [-0.3, -0.25) is 4.79 Å². The number of hydrogen-bond acceptors (Lipinski definition) is 4. The first-order valence-corrected chi connectivity index (χ1v) is 5.58. The van der Waals surface area contributed by atoms with Gasteiger partial charge in [0.15, 0.2) is 11.5 Å². The highest BCUT2D eigenvalue weighted by molar-refractivity contribution is 5.76. The van der Waals surface area contributed by atoms with Crippen LogP contribution in [-0.4, -0.2) is 30.8 Å². The number of ether oxygens (including phenoxy) is 2. The summed E-state index contributed by atoms with van der Waals surface area (Å²) in [6.07, 6.45) is 0. The molecule has 0 bridgehead atoms. The van der Waals surface area contributed by atoms with Crippen LogP contribution >= 0.6 is 0 Å². The summed E-state index contributed by atoms with van der Waals surface area (Å²) in [5.41, 5.74) is 0.670. The van der Waals surface area contributed by atoms with E-state index in [0.717, 1.165) is 0 Å². The number of likely N-dealkylation sites (N-methyl/N-ethyl adjacent to an activating group) is 1. The number of carboxylic acid groups (broad SMARTS) is 1. The van der Waals surface area contributed by atoms with Gasteiger partial charge in [-0.25, -0.2) is 0 Å². The molecule has 17 heavy (non-hydrogen) atoms. The van der Waals surface area contributed by atoms with Crippen molar-refractivity contribution >= 4 is 5.97 Å². The number of fused-ring (bicyclic) bond motifs is 1. The highest BCUT2D eigenvalue weighted by atomic mass is 16.6. The maximum Gasteiger partial charge on any atom is 0.325 e. The predicted octanol–water partition coefficient (Wildman–Crippen LogP) is 1.19. The Morgan fingerprint density at radius 2 is 2.12 bits per heavy atom. The first-order chi connectivity index (χ1) is 8.22. The lowest BCUT2D eigenvalue weighted by Gasteiger charge is -2.20. The second-order valence-electron chi connectivity index (χ2n) is 3.73. The van der Waals surface area contributed by atoms with Crippen molar-refractivity contribution in [3.8, 4) is 11.5 Å². The minimum atomic E-state index is -0.900. The van der Waals surface area contributed by atoms with Crippen LogP contribution in [0.25, 0.3) is 0 Å². The number of carboxylic acids is 1. The van der Waals surface area contributed by atoms with Gasteiger partial charge < -0.3 is 19.9 Å². The van der Waals surface area contributed by atoms with E-state index in [9.17, 15) is 4.79 Å². The van der Waals surface area contributed by atoms with Crippen LogP contribution in [0.3, 0.4) is 0 Å². The first-order valence-electron chi connectivity index (χ1n) is 5.58. The molecule has 92 valence electrons. The Bertz CT molecular complexity index is 419. The molecular formula is C12H15NO4. The van der Waals surface area contributed by atoms with E-state index in [-0.39, 0.29) is 0 Å². The number of benzene rings is 1. The Morgan fingerprint density at radius 1 is 1.41 bits per heavy atom. The number of aliphatic carboxylic acids is 1. The molecule has 0 amide bonds. The molecule has 1 aromatic rings. The van der Waals surface area contributed by atoms with Crippen LogP contribution in [0, 0.1) is 0 Å². The Balaban J connectivity index is 2.28. The molecule has 1 aliphatic heterocycles. The van der Waals surface area contributed by atoms with Crippen molar-refractivity contribution in [2.45, 2.75) is 13.0 Å². The van der Waals surface area contributed by atoms with Crippen molar-refractivity contribution in [2.24, 2.45) is 0 Å². The minimum absolute atomic E-state index is 0.495. The highest BCUT2D eigenvalue weighted by Gasteiger charge is 2.21. The molecule has 5 nitrogen and oxygen atoms in total. The van der Waals surface area contributed by atoms with Crippen molar-refractivity contribution in [3.63, 3.8) is 0 Å². The van der Waals surface area contributed by atoms with Gasteiger partial charge in [-0.15, -0.1) is 0 Å². The Labute approximate surface area is 99.3 Å². The fourth-order valence-corrected chi connectivity index (χ4v) is 1.79. The van der Waals surface area contributed by atoms with E-state index in [4.69, 9.17) is 14.6 Å². The van der Waals surface area contributed by atoms with Gasteiger partial charge in [-0.1, -0.05) is 13.0 Å². The van der Waals surface area contributed by atoms with Gasteiger partial charge in [0.2, 0.25) is 0 Å². The summed E-state index contributed by atoms with van der Waals surface area (Å²) in [6.45, 7) is 3.48. The van der Waals surface area contributed by atoms with Crippen molar-refractivity contribution in [1.82, 2.24) is 5.32 Å². The second-order valence-corrected chi connectivity index (χ2v) is 3.73. The van der Waals surface area contributed by atoms with Gasteiger partial charge in [0.25, 0.3) is 0 Å². The Hall–Kier alpha value is -1.75. The van der Waals surface area contributed by atoms with Crippen molar-refractivity contribution in [2.75, 3.05) is 19.8 Å². The largest absolute Gasteiger partial charge is 0.486 e. The van der Waals surface area contributed by atoms with Crippen molar-refractivity contribution in [3.05, 3.63) is 23.8 Å². The van der Waals surface area contributed by atoms with E-state index in [1.54, 1.807) is 18.2 Å². The third kappa shape index (κ3) is 2.50. The first kappa shape index (κ1) is 11.7. The molecule has 1 aromatic carbocycles. The zero-order chi connectivity index (χ0) is 12.3. The standard InChI is InChI=1S/C12H15NO4/c1-2-13-11(12(14)15)8-3-4-9-10(7-8)17-6-5-16-9/h3-4,7,11,13H,2,5-6H2,1H3,(H,14,15). The van der Waals surface area contributed by atoms with Gasteiger partial charge in [0, 0.05) is 0 Å². The fraction of sp³-hybridized carbons (Fsp3) is 0.417. The lowest BCUT2D eigenvalue weighted by molar-refractivity contribution is -0.139. The smallest absolute Gasteiger partial charge is 0.325 e. The van der Waals surface area contributed by atoms with Crippen LogP contribution in [-0.2, 0) is 4.79 Å². The molecule has 0 radical (unpaired) electrons. The minimum Gasteiger partial charge on any atom is -0.486 e. The molecule has 1 atom stereocenters. The van der Waals surface area contributed by atoms with Gasteiger partial charge in [0.1, 0.15) is 19.3 Å². The summed E-state index contributed by atoms with van der Waals surface area (Å²) in [4.78, 5) is 11.1. The van der Waals surface area contributed by atoms with E-state index in [1.807, 2.05) is 6.92 Å². The third-order valence-electron chi connectivity index (χ3n) is 2.55. The highest BCUT2D eigenvalue weighted by Crippen LogP contribution is 2.32. The maximum atomic E-state index is 11.1. The monoisotopic (exact) mass is 237 g/mol. The fourth-order valence-electron chi connectivity index (χ4n) is 1.79. The zero-order valence-electron chi connectivity index (χ0n) is 9.60. The number of nitrogens with one attached hydrogen (secondary N) is 1. The molecule has 0 fully saturated rings. The number of hydrogen-bond donors (Lipinski definition) is 2. The molecule has 1 heterocycles. The summed E-state index contributed by atoms with van der Waals surface area (Å²) >= 11 is 0. The molecule has 0 saturated heterocycles. The molecule has 5 heteroatoms. The molecule has 1 unspecified atom stereocenters. The summed E-state index contributed by atoms with van der Waals surface area (Å²) in [6, 6.07) is 4.50. The molecule has 2 rings (SSSR count). The Morgan fingerprint density at radius 3 is 2.76 bits per heavy atom. The average molecular weight is 237 g/mol. The average Bonchev–Trinajstić information content (AvgIpc) is 2.35. The third-order valence-corrected chi connectivity index (χ3v) is 2.55. The normalized spacial score (nSPS) is 15.4. The Kier molecular flexibility index (Phi) is 3.49. The summed E-state index contributed by atoms with van der Waals surface area (Å²) in [5.74, 6) is 0.377. The second kappa shape index (κ2) is 5.05. The maximum absolute atomic E-state index is 11.1. The summed E-state index contributed by atoms with van der Waals surface area (Å²) in [5, 5.41) is 12.0. The van der Waals surface area contributed by atoms with Crippen molar-refractivity contribution in [1.29, 1.82) is 0 Å². The van der Waals surface area contributed by atoms with E-state index in [0.29, 0.717) is 36.8 Å². The van der Waals surface area contributed by atoms with E-state index in [2.05, 4.69) is 5.32 Å². The SMILES string of the molecule is CCNC(C(=O)O)c1ccc2c(c1)OCCO2. The van der Waals surface area contributed by atoms with E-state index >= 15 is 0 Å². The molecule has 0 spiro atoms. The van der Waals surface area contributed by atoms with Crippen LogP contribution in [0.2, 0.25) is 0 Å². The van der Waals surface area contributed by atoms with E-state index < -0.39 is 12.0 Å². The van der Waals surface area contributed by atoms with Crippen LogP contribution < -0.4 is 14.8 Å². The van der Waals surface area contributed by atoms with Gasteiger partial charge in [0.05, 0.1) is 0 Å². The molecule has 2 N–H and O–H groups in total. The quantitative estimate of drug-likeness (QED) is 0.823. The molecule has 0 aromatic heterocycles.